The molecule has 0 heterocycles. The fourth-order valence-electron chi connectivity index (χ4n) is 2.42. The Kier molecular flexibility index (Phi) is 6.58. The van der Waals surface area contributed by atoms with Crippen molar-refractivity contribution in [3.63, 3.8) is 0 Å². The van der Waals surface area contributed by atoms with Gasteiger partial charge in [-0.25, -0.2) is 0 Å². The summed E-state index contributed by atoms with van der Waals surface area (Å²) in [5, 5.41) is 4.11. The number of hydrogen-bond donors (Lipinski definition) is 1. The Balaban J connectivity index is 2.47. The van der Waals surface area contributed by atoms with Crippen molar-refractivity contribution in [2.75, 3.05) is 0 Å². The first kappa shape index (κ1) is 16.7. The van der Waals surface area contributed by atoms with Gasteiger partial charge in [0.2, 0.25) is 0 Å². The van der Waals surface area contributed by atoms with E-state index < -0.39 is 7.92 Å². The van der Waals surface area contributed by atoms with Crippen LogP contribution in [0.3, 0.4) is 0 Å². The Morgan fingerprint density at radius 1 is 1.05 bits per heavy atom. The lowest BCUT2D eigenvalue weighted by atomic mass is 10.1. The van der Waals surface area contributed by atoms with E-state index in [-0.39, 0.29) is 6.04 Å². The molecule has 0 aliphatic rings. The van der Waals surface area contributed by atoms with E-state index in [2.05, 4.69) is 80.2 Å². The fourth-order valence-corrected chi connectivity index (χ4v) is 4.99. The van der Waals surface area contributed by atoms with Gasteiger partial charge >= 0.3 is 0 Å². The van der Waals surface area contributed by atoms with Crippen LogP contribution in [0.1, 0.15) is 19.8 Å². The summed E-state index contributed by atoms with van der Waals surface area (Å²) in [7, 11) is -0.549. The van der Waals surface area contributed by atoms with Crippen molar-refractivity contribution in [1.29, 1.82) is 0 Å². The maximum absolute atomic E-state index is 6.23. The van der Waals surface area contributed by atoms with E-state index in [0.717, 1.165) is 12.8 Å². The van der Waals surface area contributed by atoms with Crippen molar-refractivity contribution in [3.8, 4) is 0 Å². The Hall–Kier alpha value is -1.69. The summed E-state index contributed by atoms with van der Waals surface area (Å²) in [5.74, 6) is 0. The molecule has 2 aromatic carbocycles. The van der Waals surface area contributed by atoms with Crippen LogP contribution in [0.4, 0.5) is 0 Å². The van der Waals surface area contributed by atoms with E-state index in [1.54, 1.807) is 0 Å². The highest BCUT2D eigenvalue weighted by Gasteiger charge is 2.19. The zero-order valence-electron chi connectivity index (χ0n) is 13.2. The van der Waals surface area contributed by atoms with Crippen LogP contribution < -0.4 is 16.3 Å². The predicted octanol–water partition coefficient (Wildman–Crippen LogP) is 4.32. The van der Waals surface area contributed by atoms with Gasteiger partial charge in [-0.3, -0.25) is 0 Å². The van der Waals surface area contributed by atoms with Crippen molar-refractivity contribution in [3.05, 3.63) is 84.7 Å². The van der Waals surface area contributed by atoms with Gasteiger partial charge in [0.15, 0.2) is 0 Å². The monoisotopic (exact) mass is 309 g/mol. The lowest BCUT2D eigenvalue weighted by Crippen LogP contribution is -2.21. The second-order valence-electron chi connectivity index (χ2n) is 5.27. The highest BCUT2D eigenvalue weighted by Crippen LogP contribution is 2.45. The normalized spacial score (nSPS) is 13.1. The Morgan fingerprint density at radius 3 is 1.95 bits per heavy atom. The predicted molar refractivity (Wildman–Crippen MR) is 100 cm³/mol. The van der Waals surface area contributed by atoms with Gasteiger partial charge in [-0.1, -0.05) is 86.3 Å². The second kappa shape index (κ2) is 8.68. The lowest BCUT2D eigenvalue weighted by Gasteiger charge is -2.24. The smallest absolute Gasteiger partial charge is 0.00773 e. The highest BCUT2D eigenvalue weighted by atomic mass is 31.1. The molecule has 0 saturated carbocycles. The molecule has 0 saturated heterocycles. The van der Waals surface area contributed by atoms with Gasteiger partial charge in [0.1, 0.15) is 0 Å². The van der Waals surface area contributed by atoms with Crippen LogP contribution in [0.25, 0.3) is 0 Å². The quantitative estimate of drug-likeness (QED) is 0.598. The Labute approximate surface area is 135 Å². The summed E-state index contributed by atoms with van der Waals surface area (Å²) in [4.78, 5) is 0. The molecule has 2 aromatic rings. The zero-order valence-corrected chi connectivity index (χ0v) is 14.0. The van der Waals surface area contributed by atoms with Crippen LogP contribution in [0.2, 0.25) is 0 Å². The van der Waals surface area contributed by atoms with Crippen LogP contribution >= 0.6 is 7.92 Å². The number of benzene rings is 2. The summed E-state index contributed by atoms with van der Waals surface area (Å²) >= 11 is 0. The van der Waals surface area contributed by atoms with E-state index in [4.69, 9.17) is 5.73 Å². The first-order chi connectivity index (χ1) is 10.8. The molecule has 0 aliphatic heterocycles. The highest BCUT2D eigenvalue weighted by molar-refractivity contribution is 7.76. The molecular formula is C20H24NP. The van der Waals surface area contributed by atoms with Gasteiger partial charge in [0.05, 0.1) is 0 Å². The van der Waals surface area contributed by atoms with Gasteiger partial charge in [-0.05, 0) is 36.7 Å². The second-order valence-corrected chi connectivity index (χ2v) is 7.55. The van der Waals surface area contributed by atoms with Gasteiger partial charge in [-0.2, -0.15) is 0 Å². The minimum absolute atomic E-state index is 0.198. The maximum atomic E-state index is 6.23. The third kappa shape index (κ3) is 4.40. The van der Waals surface area contributed by atoms with Gasteiger partial charge < -0.3 is 5.73 Å². The fraction of sp³-hybridized carbons (Fsp3) is 0.200. The molecule has 2 rings (SSSR count). The van der Waals surface area contributed by atoms with Crippen LogP contribution in [-0.2, 0) is 0 Å². The van der Waals surface area contributed by atoms with E-state index in [0.29, 0.717) is 0 Å². The van der Waals surface area contributed by atoms with E-state index in [1.165, 1.54) is 15.9 Å². The van der Waals surface area contributed by atoms with Crippen LogP contribution in [0.15, 0.2) is 84.7 Å². The van der Waals surface area contributed by atoms with Crippen LogP contribution in [-0.4, -0.2) is 6.04 Å². The number of allylic oxidation sites excluding steroid dienone is 2. The van der Waals surface area contributed by atoms with E-state index in [1.807, 2.05) is 6.08 Å². The SMILES string of the molecule is C=C/C=C(\C[C@H](N)CC)P(c1ccccc1)c1ccccc1. The van der Waals surface area contributed by atoms with Crippen molar-refractivity contribution in [1.82, 2.24) is 0 Å². The lowest BCUT2D eigenvalue weighted by molar-refractivity contribution is 0.655. The van der Waals surface area contributed by atoms with E-state index in [9.17, 15) is 0 Å². The van der Waals surface area contributed by atoms with Gasteiger partial charge in [-0.15, -0.1) is 0 Å². The molecule has 114 valence electrons. The van der Waals surface area contributed by atoms with Crippen LogP contribution in [0, 0.1) is 0 Å². The van der Waals surface area contributed by atoms with Crippen molar-refractivity contribution in [2.45, 2.75) is 25.8 Å². The summed E-state index contributed by atoms with van der Waals surface area (Å²) in [5.41, 5.74) is 6.23. The molecule has 2 N–H and O–H groups in total. The molecule has 1 atom stereocenters. The molecule has 0 aromatic heterocycles. The van der Waals surface area contributed by atoms with Crippen LogP contribution in [0.5, 0.6) is 0 Å². The minimum Gasteiger partial charge on any atom is -0.327 e. The summed E-state index contributed by atoms with van der Waals surface area (Å²) in [6.07, 6.45) is 5.94. The summed E-state index contributed by atoms with van der Waals surface area (Å²) in [6.45, 7) is 6.04. The molecule has 0 aliphatic carbocycles. The van der Waals surface area contributed by atoms with Crippen molar-refractivity contribution in [2.24, 2.45) is 5.73 Å². The first-order valence-electron chi connectivity index (χ1n) is 7.73. The molecule has 22 heavy (non-hydrogen) atoms. The largest absolute Gasteiger partial charge is 0.327 e. The Bertz CT molecular complexity index is 565. The third-order valence-electron chi connectivity index (χ3n) is 3.62. The van der Waals surface area contributed by atoms with Gasteiger partial charge in [0.25, 0.3) is 0 Å². The molecule has 0 spiro atoms. The summed E-state index contributed by atoms with van der Waals surface area (Å²) in [6, 6.07) is 21.6. The zero-order chi connectivity index (χ0) is 15.8. The molecule has 0 radical (unpaired) electrons. The van der Waals surface area contributed by atoms with Crippen molar-refractivity contribution < 1.29 is 0 Å². The molecule has 0 bridgehead atoms. The summed E-state index contributed by atoms with van der Waals surface area (Å²) < 4.78 is 0. The molecular weight excluding hydrogens is 285 g/mol. The third-order valence-corrected chi connectivity index (χ3v) is 6.16. The van der Waals surface area contributed by atoms with E-state index >= 15 is 0 Å². The Morgan fingerprint density at radius 2 is 1.55 bits per heavy atom. The average molecular weight is 309 g/mol. The molecule has 2 heteroatoms. The molecule has 1 nitrogen and oxygen atoms in total. The average Bonchev–Trinajstić information content (AvgIpc) is 2.57. The molecule has 0 amide bonds. The number of rotatable bonds is 7. The first-order valence-corrected chi connectivity index (χ1v) is 9.07. The van der Waals surface area contributed by atoms with Crippen molar-refractivity contribution >= 4 is 18.5 Å². The molecule has 0 unspecified atom stereocenters. The number of hydrogen-bond acceptors (Lipinski definition) is 1. The minimum atomic E-state index is -0.549. The van der Waals surface area contributed by atoms with Gasteiger partial charge in [0, 0.05) is 6.04 Å². The standard InChI is InChI=1S/C20H24NP/c1-3-11-20(16-17(21)4-2)22(18-12-7-5-8-13-18)19-14-9-6-10-15-19/h3,5-15,17H,1,4,16,21H2,2H3/b20-11+/t17-/m1/s1. The maximum Gasteiger partial charge on any atom is 0.00773 e. The molecule has 0 fully saturated rings. The topological polar surface area (TPSA) is 26.0 Å². The number of nitrogens with two attached hydrogens (primary N) is 1.